The maximum absolute atomic E-state index is 3.62. The first kappa shape index (κ1) is 14.6. The standard InChI is InChI=1S/C18H29N/c1-4-5-6-15-7-9-16(10-8-15)18(2,3)13-14-19-17-11-12-17/h7-10,17,19H,4-6,11-14H2,1-3H3. The number of hydrogen-bond acceptors (Lipinski definition) is 1. The highest BCUT2D eigenvalue weighted by atomic mass is 14.9. The molecule has 0 amide bonds. The van der Waals surface area contributed by atoms with Gasteiger partial charge in [-0.2, -0.15) is 0 Å². The van der Waals surface area contributed by atoms with Crippen LogP contribution in [0.3, 0.4) is 0 Å². The van der Waals surface area contributed by atoms with Crippen molar-refractivity contribution in [3.8, 4) is 0 Å². The Morgan fingerprint density at radius 2 is 1.84 bits per heavy atom. The summed E-state index contributed by atoms with van der Waals surface area (Å²) < 4.78 is 0. The molecule has 0 aromatic heterocycles. The van der Waals surface area contributed by atoms with E-state index in [2.05, 4.69) is 50.4 Å². The van der Waals surface area contributed by atoms with Gasteiger partial charge in [0.1, 0.15) is 0 Å². The van der Waals surface area contributed by atoms with Crippen molar-refractivity contribution in [3.63, 3.8) is 0 Å². The van der Waals surface area contributed by atoms with Crippen LogP contribution in [-0.4, -0.2) is 12.6 Å². The van der Waals surface area contributed by atoms with Crippen LogP contribution in [-0.2, 0) is 11.8 Å². The van der Waals surface area contributed by atoms with Crippen LogP contribution in [0.2, 0.25) is 0 Å². The lowest BCUT2D eigenvalue weighted by Gasteiger charge is -2.26. The summed E-state index contributed by atoms with van der Waals surface area (Å²) in [5, 5.41) is 3.62. The van der Waals surface area contributed by atoms with Gasteiger partial charge in [0.2, 0.25) is 0 Å². The molecule has 1 fully saturated rings. The first-order chi connectivity index (χ1) is 9.12. The molecule has 2 rings (SSSR count). The Morgan fingerprint density at radius 3 is 2.42 bits per heavy atom. The lowest BCUT2D eigenvalue weighted by atomic mass is 9.81. The molecule has 0 radical (unpaired) electrons. The van der Waals surface area contributed by atoms with Crippen LogP contribution < -0.4 is 5.32 Å². The van der Waals surface area contributed by atoms with Crippen molar-refractivity contribution in [1.82, 2.24) is 5.32 Å². The lowest BCUT2D eigenvalue weighted by molar-refractivity contribution is 0.456. The largest absolute Gasteiger partial charge is 0.314 e. The van der Waals surface area contributed by atoms with Crippen molar-refractivity contribution in [2.24, 2.45) is 0 Å². The fourth-order valence-electron chi connectivity index (χ4n) is 2.52. The van der Waals surface area contributed by atoms with Crippen molar-refractivity contribution in [1.29, 1.82) is 0 Å². The molecule has 1 aliphatic rings. The predicted molar refractivity (Wildman–Crippen MR) is 83.7 cm³/mol. The highest BCUT2D eigenvalue weighted by Crippen LogP contribution is 2.28. The molecule has 1 heteroatoms. The lowest BCUT2D eigenvalue weighted by Crippen LogP contribution is -2.26. The number of unbranched alkanes of at least 4 members (excludes halogenated alkanes) is 1. The van der Waals surface area contributed by atoms with Gasteiger partial charge >= 0.3 is 0 Å². The second-order valence-corrected chi connectivity index (χ2v) is 6.66. The molecule has 1 aromatic rings. The molecule has 0 atom stereocenters. The van der Waals surface area contributed by atoms with Crippen LogP contribution in [0, 0.1) is 0 Å². The van der Waals surface area contributed by atoms with Crippen molar-refractivity contribution in [2.45, 2.75) is 70.8 Å². The fourth-order valence-corrected chi connectivity index (χ4v) is 2.52. The molecule has 1 aromatic carbocycles. The molecule has 19 heavy (non-hydrogen) atoms. The molecular weight excluding hydrogens is 230 g/mol. The Labute approximate surface area is 118 Å². The Kier molecular flexibility index (Phi) is 5.04. The first-order valence-electron chi connectivity index (χ1n) is 7.94. The predicted octanol–water partition coefficient (Wildman–Crippen LogP) is 4.45. The van der Waals surface area contributed by atoms with Crippen LogP contribution in [0.15, 0.2) is 24.3 Å². The first-order valence-corrected chi connectivity index (χ1v) is 7.94. The molecule has 0 aliphatic heterocycles. The zero-order valence-corrected chi connectivity index (χ0v) is 12.8. The smallest absolute Gasteiger partial charge is 0.00682 e. The van der Waals surface area contributed by atoms with E-state index in [0.717, 1.165) is 12.6 Å². The van der Waals surface area contributed by atoms with Crippen LogP contribution in [0.1, 0.15) is 64.0 Å². The number of benzene rings is 1. The molecule has 0 saturated heterocycles. The third kappa shape index (κ3) is 4.65. The summed E-state index contributed by atoms with van der Waals surface area (Å²) in [5.41, 5.74) is 3.24. The Hall–Kier alpha value is -0.820. The molecule has 1 saturated carbocycles. The molecular formula is C18H29N. The van der Waals surface area contributed by atoms with Crippen LogP contribution >= 0.6 is 0 Å². The maximum Gasteiger partial charge on any atom is 0.00682 e. The minimum absolute atomic E-state index is 0.283. The van der Waals surface area contributed by atoms with Gasteiger partial charge in [0.05, 0.1) is 0 Å². The van der Waals surface area contributed by atoms with Gasteiger partial charge < -0.3 is 5.32 Å². The molecule has 1 N–H and O–H groups in total. The summed E-state index contributed by atoms with van der Waals surface area (Å²) in [5.74, 6) is 0. The van der Waals surface area contributed by atoms with Gasteiger partial charge in [-0.3, -0.25) is 0 Å². The third-order valence-electron chi connectivity index (χ3n) is 4.31. The Balaban J connectivity index is 1.86. The van der Waals surface area contributed by atoms with Crippen molar-refractivity contribution in [2.75, 3.05) is 6.54 Å². The van der Waals surface area contributed by atoms with E-state index >= 15 is 0 Å². The molecule has 106 valence electrons. The summed E-state index contributed by atoms with van der Waals surface area (Å²) in [6.45, 7) is 8.13. The summed E-state index contributed by atoms with van der Waals surface area (Å²) in [7, 11) is 0. The van der Waals surface area contributed by atoms with E-state index < -0.39 is 0 Å². The average Bonchev–Trinajstić information content (AvgIpc) is 3.21. The van der Waals surface area contributed by atoms with E-state index in [0.29, 0.717) is 0 Å². The van der Waals surface area contributed by atoms with E-state index in [9.17, 15) is 0 Å². The normalized spacial score (nSPS) is 15.7. The fraction of sp³-hybridized carbons (Fsp3) is 0.667. The summed E-state index contributed by atoms with van der Waals surface area (Å²) in [6.07, 6.45) is 7.78. The summed E-state index contributed by atoms with van der Waals surface area (Å²) >= 11 is 0. The van der Waals surface area contributed by atoms with Gasteiger partial charge in [0.25, 0.3) is 0 Å². The highest BCUT2D eigenvalue weighted by Gasteiger charge is 2.23. The number of nitrogens with one attached hydrogen (secondary N) is 1. The zero-order chi connectivity index (χ0) is 13.7. The maximum atomic E-state index is 3.62. The molecule has 0 bridgehead atoms. The van der Waals surface area contributed by atoms with E-state index in [1.54, 1.807) is 0 Å². The van der Waals surface area contributed by atoms with Gasteiger partial charge in [-0.15, -0.1) is 0 Å². The van der Waals surface area contributed by atoms with Gasteiger partial charge in [0, 0.05) is 6.04 Å². The minimum Gasteiger partial charge on any atom is -0.314 e. The van der Waals surface area contributed by atoms with Crippen molar-refractivity contribution < 1.29 is 0 Å². The van der Waals surface area contributed by atoms with E-state index in [4.69, 9.17) is 0 Å². The van der Waals surface area contributed by atoms with Gasteiger partial charge in [-0.25, -0.2) is 0 Å². The monoisotopic (exact) mass is 259 g/mol. The number of rotatable bonds is 8. The molecule has 0 unspecified atom stereocenters. The average molecular weight is 259 g/mol. The second kappa shape index (κ2) is 6.56. The van der Waals surface area contributed by atoms with Gasteiger partial charge in [-0.1, -0.05) is 51.5 Å². The van der Waals surface area contributed by atoms with Gasteiger partial charge in [-0.05, 0) is 55.2 Å². The van der Waals surface area contributed by atoms with Gasteiger partial charge in [0.15, 0.2) is 0 Å². The number of hydrogen-bond donors (Lipinski definition) is 1. The van der Waals surface area contributed by atoms with E-state index in [-0.39, 0.29) is 5.41 Å². The Bertz CT molecular complexity index is 373. The number of aryl methyl sites for hydroxylation is 1. The van der Waals surface area contributed by atoms with Crippen LogP contribution in [0.25, 0.3) is 0 Å². The van der Waals surface area contributed by atoms with Crippen molar-refractivity contribution >= 4 is 0 Å². The SMILES string of the molecule is CCCCc1ccc(C(C)(C)CCNC2CC2)cc1. The highest BCUT2D eigenvalue weighted by molar-refractivity contribution is 5.28. The van der Waals surface area contributed by atoms with Crippen molar-refractivity contribution in [3.05, 3.63) is 35.4 Å². The topological polar surface area (TPSA) is 12.0 Å². The minimum atomic E-state index is 0.283. The zero-order valence-electron chi connectivity index (χ0n) is 12.8. The third-order valence-corrected chi connectivity index (χ3v) is 4.31. The molecule has 0 spiro atoms. The molecule has 0 heterocycles. The second-order valence-electron chi connectivity index (χ2n) is 6.66. The van der Waals surface area contributed by atoms with Crippen LogP contribution in [0.5, 0.6) is 0 Å². The van der Waals surface area contributed by atoms with Crippen LogP contribution in [0.4, 0.5) is 0 Å². The molecule has 1 aliphatic carbocycles. The van der Waals surface area contributed by atoms with E-state index in [1.165, 1.54) is 49.7 Å². The Morgan fingerprint density at radius 1 is 1.16 bits per heavy atom. The summed E-state index contributed by atoms with van der Waals surface area (Å²) in [4.78, 5) is 0. The summed E-state index contributed by atoms with van der Waals surface area (Å²) in [6, 6.07) is 10.1. The quantitative estimate of drug-likeness (QED) is 0.727. The van der Waals surface area contributed by atoms with E-state index in [1.807, 2.05) is 0 Å². The molecule has 1 nitrogen and oxygen atoms in total.